The highest BCUT2D eigenvalue weighted by atomic mass is 16.1. The van der Waals surface area contributed by atoms with Crippen LogP contribution in [0.3, 0.4) is 0 Å². The molecule has 3 nitrogen and oxygen atoms in total. The summed E-state index contributed by atoms with van der Waals surface area (Å²) in [5, 5.41) is 2.68. The van der Waals surface area contributed by atoms with Gasteiger partial charge in [0, 0.05) is 26.3 Å². The van der Waals surface area contributed by atoms with Crippen LogP contribution in [0.1, 0.15) is 19.8 Å². The lowest BCUT2D eigenvalue weighted by molar-refractivity contribution is -0.128. The third kappa shape index (κ3) is 1.83. The Bertz CT molecular complexity index is 157. The fourth-order valence-electron chi connectivity index (χ4n) is 1.02. The molecule has 0 bridgehead atoms. The highest BCUT2D eigenvalue weighted by Gasteiger charge is 2.25. The lowest BCUT2D eigenvalue weighted by Gasteiger charge is -2.23. The molecule has 0 aromatic rings. The van der Waals surface area contributed by atoms with Crippen LogP contribution in [0.2, 0.25) is 0 Å². The van der Waals surface area contributed by atoms with Crippen molar-refractivity contribution >= 4 is 11.7 Å². The quantitative estimate of drug-likeness (QED) is 0.593. The van der Waals surface area contributed by atoms with Crippen molar-refractivity contribution in [1.29, 1.82) is 0 Å². The highest BCUT2D eigenvalue weighted by molar-refractivity contribution is 5.84. The number of amides is 1. The summed E-state index contributed by atoms with van der Waals surface area (Å²) in [6, 6.07) is 0. The van der Waals surface area contributed by atoms with Gasteiger partial charge in [-0.3, -0.25) is 9.59 Å². The summed E-state index contributed by atoms with van der Waals surface area (Å²) in [5.41, 5.74) is 0. The Morgan fingerprint density at radius 1 is 1.70 bits per heavy atom. The maximum atomic E-state index is 10.4. The molecule has 1 amide bonds. The summed E-state index contributed by atoms with van der Waals surface area (Å²) in [6.45, 7) is 2.15. The molecule has 0 heterocycles. The van der Waals surface area contributed by atoms with Gasteiger partial charge in [0.2, 0.25) is 5.91 Å². The first-order chi connectivity index (χ1) is 4.68. The van der Waals surface area contributed by atoms with Crippen molar-refractivity contribution in [1.82, 2.24) is 5.32 Å². The second-order valence-electron chi connectivity index (χ2n) is 2.75. The summed E-state index contributed by atoms with van der Waals surface area (Å²) < 4.78 is 0. The molecule has 10 heavy (non-hydrogen) atoms. The topological polar surface area (TPSA) is 46.2 Å². The fraction of sp³-hybridized carbons (Fsp3) is 0.714. The number of carbonyl (C=O) groups excluding carboxylic acids is 2. The molecule has 0 aromatic carbocycles. The number of nitrogens with one attached hydrogen (secondary N) is 1. The first kappa shape index (κ1) is 7.25. The largest absolute Gasteiger partial charge is 0.356 e. The van der Waals surface area contributed by atoms with Gasteiger partial charge in [-0.05, 0) is 5.92 Å². The minimum Gasteiger partial charge on any atom is -0.356 e. The molecule has 1 N–H and O–H groups in total. The Morgan fingerprint density at radius 2 is 2.30 bits per heavy atom. The second-order valence-corrected chi connectivity index (χ2v) is 2.75. The predicted octanol–water partition coefficient (Wildman–Crippen LogP) is 0.102. The number of hydrogen-bond acceptors (Lipinski definition) is 2. The zero-order chi connectivity index (χ0) is 7.56. The Balaban J connectivity index is 2.05. The molecule has 1 aliphatic rings. The average molecular weight is 141 g/mol. The molecule has 56 valence electrons. The number of carbonyl (C=O) groups is 2. The van der Waals surface area contributed by atoms with Crippen LogP contribution in [0.25, 0.3) is 0 Å². The van der Waals surface area contributed by atoms with E-state index in [1.54, 1.807) is 0 Å². The average Bonchev–Trinajstić information content (AvgIpc) is 1.77. The molecular formula is C7H11NO2. The van der Waals surface area contributed by atoms with Gasteiger partial charge in [-0.15, -0.1) is 0 Å². The molecule has 0 atom stereocenters. The van der Waals surface area contributed by atoms with Crippen LogP contribution in [0.5, 0.6) is 0 Å². The second kappa shape index (κ2) is 2.82. The van der Waals surface area contributed by atoms with Crippen molar-refractivity contribution in [3.8, 4) is 0 Å². The van der Waals surface area contributed by atoms with Crippen molar-refractivity contribution < 1.29 is 9.59 Å². The normalized spacial score (nSPS) is 18.3. The molecule has 3 heteroatoms. The van der Waals surface area contributed by atoms with Crippen LogP contribution in [-0.2, 0) is 9.59 Å². The van der Waals surface area contributed by atoms with Gasteiger partial charge < -0.3 is 5.32 Å². The fourth-order valence-corrected chi connectivity index (χ4v) is 1.02. The van der Waals surface area contributed by atoms with Crippen molar-refractivity contribution in [2.75, 3.05) is 6.54 Å². The zero-order valence-electron chi connectivity index (χ0n) is 6.02. The van der Waals surface area contributed by atoms with Crippen molar-refractivity contribution in [2.24, 2.45) is 5.92 Å². The molecule has 1 aliphatic carbocycles. The molecule has 1 fully saturated rings. The first-order valence-corrected chi connectivity index (χ1v) is 3.44. The molecular weight excluding hydrogens is 130 g/mol. The Morgan fingerprint density at radius 3 is 2.70 bits per heavy atom. The van der Waals surface area contributed by atoms with Crippen LogP contribution >= 0.6 is 0 Å². The van der Waals surface area contributed by atoms with E-state index in [1.807, 2.05) is 0 Å². The van der Waals surface area contributed by atoms with Crippen LogP contribution in [0.4, 0.5) is 0 Å². The van der Waals surface area contributed by atoms with Crippen LogP contribution < -0.4 is 5.32 Å². The summed E-state index contributed by atoms with van der Waals surface area (Å²) in [7, 11) is 0. The maximum Gasteiger partial charge on any atom is 0.216 e. The molecule has 0 unspecified atom stereocenters. The molecule has 0 saturated heterocycles. The van der Waals surface area contributed by atoms with Crippen LogP contribution in [0, 0.1) is 5.92 Å². The van der Waals surface area contributed by atoms with E-state index in [2.05, 4.69) is 5.32 Å². The lowest BCUT2D eigenvalue weighted by Crippen LogP contribution is -2.35. The van der Waals surface area contributed by atoms with E-state index in [4.69, 9.17) is 0 Å². The van der Waals surface area contributed by atoms with E-state index in [-0.39, 0.29) is 5.91 Å². The minimum absolute atomic E-state index is 0.0145. The van der Waals surface area contributed by atoms with Gasteiger partial charge in [0.1, 0.15) is 5.78 Å². The van der Waals surface area contributed by atoms with E-state index in [0.29, 0.717) is 31.1 Å². The monoisotopic (exact) mass is 141 g/mol. The lowest BCUT2D eigenvalue weighted by atomic mass is 9.84. The van der Waals surface area contributed by atoms with E-state index in [0.717, 1.165) is 0 Å². The van der Waals surface area contributed by atoms with Crippen molar-refractivity contribution in [2.45, 2.75) is 19.8 Å². The number of hydrogen-bond donors (Lipinski definition) is 1. The molecule has 0 spiro atoms. The summed E-state index contributed by atoms with van der Waals surface area (Å²) >= 11 is 0. The third-order valence-electron chi connectivity index (χ3n) is 1.67. The van der Waals surface area contributed by atoms with Gasteiger partial charge in [-0.1, -0.05) is 0 Å². The van der Waals surface area contributed by atoms with Crippen LogP contribution in [0.15, 0.2) is 0 Å². The van der Waals surface area contributed by atoms with Gasteiger partial charge >= 0.3 is 0 Å². The number of rotatable bonds is 2. The van der Waals surface area contributed by atoms with E-state index in [1.165, 1.54) is 6.92 Å². The third-order valence-corrected chi connectivity index (χ3v) is 1.67. The Labute approximate surface area is 59.8 Å². The van der Waals surface area contributed by atoms with E-state index >= 15 is 0 Å². The number of ketones is 1. The van der Waals surface area contributed by atoms with Crippen LogP contribution in [-0.4, -0.2) is 18.2 Å². The Kier molecular flexibility index (Phi) is 2.04. The molecule has 0 aliphatic heterocycles. The SMILES string of the molecule is CC(=O)NCC1CC(=O)C1. The highest BCUT2D eigenvalue weighted by Crippen LogP contribution is 2.21. The summed E-state index contributed by atoms with van der Waals surface area (Å²) in [6.07, 6.45) is 1.31. The van der Waals surface area contributed by atoms with Gasteiger partial charge in [0.25, 0.3) is 0 Å². The number of Topliss-reactive ketones (excluding diaryl/α,β-unsaturated/α-hetero) is 1. The summed E-state index contributed by atoms with van der Waals surface area (Å²) in [5.74, 6) is 0.714. The smallest absolute Gasteiger partial charge is 0.216 e. The molecule has 1 saturated carbocycles. The van der Waals surface area contributed by atoms with E-state index < -0.39 is 0 Å². The zero-order valence-corrected chi connectivity index (χ0v) is 6.02. The predicted molar refractivity (Wildman–Crippen MR) is 36.4 cm³/mol. The van der Waals surface area contributed by atoms with Gasteiger partial charge in [0.15, 0.2) is 0 Å². The van der Waals surface area contributed by atoms with Gasteiger partial charge in [-0.2, -0.15) is 0 Å². The summed E-state index contributed by atoms with van der Waals surface area (Å²) in [4.78, 5) is 20.8. The van der Waals surface area contributed by atoms with Crippen molar-refractivity contribution in [3.63, 3.8) is 0 Å². The molecule has 0 radical (unpaired) electrons. The van der Waals surface area contributed by atoms with E-state index in [9.17, 15) is 9.59 Å². The first-order valence-electron chi connectivity index (χ1n) is 3.44. The van der Waals surface area contributed by atoms with Gasteiger partial charge in [-0.25, -0.2) is 0 Å². The molecule has 1 rings (SSSR count). The molecule has 0 aromatic heterocycles. The maximum absolute atomic E-state index is 10.4. The Hall–Kier alpha value is -0.860. The minimum atomic E-state index is -0.0145. The standard InChI is InChI=1S/C7H11NO2/c1-5(9)8-4-6-2-7(10)3-6/h6H,2-4H2,1H3,(H,8,9). The van der Waals surface area contributed by atoms with Crippen molar-refractivity contribution in [3.05, 3.63) is 0 Å². The van der Waals surface area contributed by atoms with Gasteiger partial charge in [0.05, 0.1) is 0 Å².